The molecule has 20 heavy (non-hydrogen) atoms. The topological polar surface area (TPSA) is 72.6 Å². The van der Waals surface area contributed by atoms with Gasteiger partial charge in [-0.15, -0.1) is 0 Å². The minimum Gasteiger partial charge on any atom is -0.468 e. The second kappa shape index (κ2) is 6.93. The molecule has 0 unspecified atom stereocenters. The quantitative estimate of drug-likeness (QED) is 0.659. The Bertz CT molecular complexity index is 512. The van der Waals surface area contributed by atoms with E-state index in [1.807, 2.05) is 26.8 Å². The minimum absolute atomic E-state index is 0.0452. The molecule has 5 nitrogen and oxygen atoms in total. The maximum Gasteiger partial charge on any atom is 0.325 e. The molecule has 1 rings (SSSR count). The van der Waals surface area contributed by atoms with Gasteiger partial charge in [-0.3, -0.25) is 9.59 Å². The summed E-state index contributed by atoms with van der Waals surface area (Å²) >= 11 is 0. The van der Waals surface area contributed by atoms with Gasteiger partial charge in [0.2, 0.25) is 0 Å². The summed E-state index contributed by atoms with van der Waals surface area (Å²) in [4.78, 5) is 25.4. The normalized spacial score (nSPS) is 10.2. The lowest BCUT2D eigenvalue weighted by molar-refractivity contribution is -0.141. The summed E-state index contributed by atoms with van der Waals surface area (Å²) in [6.07, 6.45) is 0.767. The summed E-state index contributed by atoms with van der Waals surface area (Å²) in [6.45, 7) is 6.17. The Morgan fingerprint density at radius 3 is 2.45 bits per heavy atom. The van der Waals surface area contributed by atoms with E-state index in [1.165, 1.54) is 12.0 Å². The molecule has 0 heterocycles. The Morgan fingerprint density at radius 2 is 1.90 bits per heavy atom. The van der Waals surface area contributed by atoms with Crippen molar-refractivity contribution in [3.05, 3.63) is 28.8 Å². The van der Waals surface area contributed by atoms with Crippen LogP contribution in [0.15, 0.2) is 12.1 Å². The zero-order valence-corrected chi connectivity index (χ0v) is 12.5. The average Bonchev–Trinajstić information content (AvgIpc) is 2.41. The Morgan fingerprint density at radius 1 is 1.25 bits per heavy atom. The van der Waals surface area contributed by atoms with Crippen molar-refractivity contribution in [2.45, 2.75) is 27.2 Å². The fraction of sp³-hybridized carbons (Fsp3) is 0.467. The number of carbonyl (C=O) groups excluding carboxylic acids is 2. The summed E-state index contributed by atoms with van der Waals surface area (Å²) in [5, 5.41) is 0. The van der Waals surface area contributed by atoms with Gasteiger partial charge in [0.15, 0.2) is 0 Å². The van der Waals surface area contributed by atoms with E-state index in [1.54, 1.807) is 6.07 Å². The van der Waals surface area contributed by atoms with Crippen molar-refractivity contribution < 1.29 is 14.3 Å². The number of nitrogens with two attached hydrogens (primary N) is 1. The number of ether oxygens (including phenoxy) is 1. The predicted molar refractivity (Wildman–Crippen MR) is 78.5 cm³/mol. The molecule has 0 saturated carbocycles. The Kier molecular flexibility index (Phi) is 5.55. The SMILES string of the molecule is CCCN(CC(=O)OC)C(=O)c1cc(N)c(C)cc1C. The molecule has 0 spiro atoms. The lowest BCUT2D eigenvalue weighted by atomic mass is 10.0. The second-order valence-corrected chi connectivity index (χ2v) is 4.83. The number of nitrogen functional groups attached to an aromatic ring is 1. The van der Waals surface area contributed by atoms with Crippen LogP contribution in [0.2, 0.25) is 0 Å². The second-order valence-electron chi connectivity index (χ2n) is 4.83. The zero-order chi connectivity index (χ0) is 15.3. The molecular weight excluding hydrogens is 256 g/mol. The highest BCUT2D eigenvalue weighted by Crippen LogP contribution is 2.19. The first kappa shape index (κ1) is 16.0. The van der Waals surface area contributed by atoms with Gasteiger partial charge in [0, 0.05) is 17.8 Å². The van der Waals surface area contributed by atoms with Gasteiger partial charge in [0.05, 0.1) is 7.11 Å². The highest BCUT2D eigenvalue weighted by molar-refractivity contribution is 5.98. The standard InChI is InChI=1S/C15H22N2O3/c1-5-6-17(9-14(18)20-4)15(19)12-8-13(16)11(3)7-10(12)2/h7-8H,5-6,9,16H2,1-4H3. The number of carbonyl (C=O) groups is 2. The van der Waals surface area contributed by atoms with E-state index in [4.69, 9.17) is 5.73 Å². The van der Waals surface area contributed by atoms with Crippen LogP contribution in [0.4, 0.5) is 5.69 Å². The number of hydrogen-bond acceptors (Lipinski definition) is 4. The van der Waals surface area contributed by atoms with Gasteiger partial charge in [-0.05, 0) is 37.5 Å². The molecule has 0 aliphatic heterocycles. The largest absolute Gasteiger partial charge is 0.468 e. The van der Waals surface area contributed by atoms with E-state index in [0.29, 0.717) is 17.8 Å². The third kappa shape index (κ3) is 3.73. The molecule has 0 aliphatic rings. The average molecular weight is 278 g/mol. The molecule has 0 radical (unpaired) electrons. The molecule has 0 fully saturated rings. The smallest absolute Gasteiger partial charge is 0.325 e. The van der Waals surface area contributed by atoms with Crippen molar-refractivity contribution in [1.82, 2.24) is 4.90 Å². The molecular formula is C15H22N2O3. The van der Waals surface area contributed by atoms with Gasteiger partial charge in [-0.1, -0.05) is 13.0 Å². The summed E-state index contributed by atoms with van der Waals surface area (Å²) in [7, 11) is 1.31. The summed E-state index contributed by atoms with van der Waals surface area (Å²) in [5.74, 6) is -0.619. The molecule has 2 N–H and O–H groups in total. The predicted octanol–water partition coefficient (Wildman–Crippen LogP) is 1.91. The monoisotopic (exact) mass is 278 g/mol. The minimum atomic E-state index is -0.426. The van der Waals surface area contributed by atoms with Crippen LogP contribution < -0.4 is 5.73 Å². The van der Waals surface area contributed by atoms with Crippen LogP contribution >= 0.6 is 0 Å². The molecule has 0 atom stereocenters. The number of amides is 1. The van der Waals surface area contributed by atoms with Gasteiger partial charge in [-0.25, -0.2) is 0 Å². The third-order valence-electron chi connectivity index (χ3n) is 3.17. The van der Waals surface area contributed by atoms with E-state index < -0.39 is 5.97 Å². The molecule has 1 aromatic rings. The molecule has 0 aromatic heterocycles. The summed E-state index contributed by atoms with van der Waals surface area (Å²) in [5.41, 5.74) is 8.77. The third-order valence-corrected chi connectivity index (χ3v) is 3.17. The van der Waals surface area contributed by atoms with Crippen molar-refractivity contribution >= 4 is 17.6 Å². The van der Waals surface area contributed by atoms with Crippen LogP contribution in [0.1, 0.15) is 34.8 Å². The van der Waals surface area contributed by atoms with Crippen LogP contribution in [0.5, 0.6) is 0 Å². The van der Waals surface area contributed by atoms with Crippen molar-refractivity contribution in [3.63, 3.8) is 0 Å². The van der Waals surface area contributed by atoms with Gasteiger partial charge >= 0.3 is 5.97 Å². The highest BCUT2D eigenvalue weighted by Gasteiger charge is 2.20. The van der Waals surface area contributed by atoms with Crippen LogP contribution in [0.25, 0.3) is 0 Å². The maximum atomic E-state index is 12.5. The van der Waals surface area contributed by atoms with Crippen LogP contribution in [0, 0.1) is 13.8 Å². The Labute approximate surface area is 119 Å². The number of esters is 1. The number of hydrogen-bond donors (Lipinski definition) is 1. The van der Waals surface area contributed by atoms with Gasteiger partial charge in [0.1, 0.15) is 6.54 Å². The number of nitrogens with zero attached hydrogens (tertiary/aromatic N) is 1. The maximum absolute atomic E-state index is 12.5. The summed E-state index contributed by atoms with van der Waals surface area (Å²) in [6, 6.07) is 3.55. The molecule has 0 bridgehead atoms. The Hall–Kier alpha value is -2.04. The fourth-order valence-corrected chi connectivity index (χ4v) is 2.01. The van der Waals surface area contributed by atoms with E-state index in [9.17, 15) is 9.59 Å². The molecule has 1 amide bonds. The fourth-order valence-electron chi connectivity index (χ4n) is 2.01. The van der Waals surface area contributed by atoms with E-state index in [0.717, 1.165) is 17.5 Å². The lowest BCUT2D eigenvalue weighted by Crippen LogP contribution is -2.37. The zero-order valence-electron chi connectivity index (χ0n) is 12.5. The van der Waals surface area contributed by atoms with Crippen LogP contribution in [-0.4, -0.2) is 37.0 Å². The molecule has 1 aromatic carbocycles. The number of methoxy groups -OCH3 is 1. The van der Waals surface area contributed by atoms with Gasteiger partial charge in [-0.2, -0.15) is 0 Å². The van der Waals surface area contributed by atoms with Crippen LogP contribution in [0.3, 0.4) is 0 Å². The highest BCUT2D eigenvalue weighted by atomic mass is 16.5. The van der Waals surface area contributed by atoms with E-state index in [-0.39, 0.29) is 12.5 Å². The number of benzene rings is 1. The van der Waals surface area contributed by atoms with Crippen molar-refractivity contribution in [2.24, 2.45) is 0 Å². The molecule has 5 heteroatoms. The summed E-state index contributed by atoms with van der Waals surface area (Å²) < 4.78 is 4.63. The van der Waals surface area contributed by atoms with Crippen molar-refractivity contribution in [2.75, 3.05) is 25.9 Å². The number of aryl methyl sites for hydroxylation is 2. The van der Waals surface area contributed by atoms with E-state index >= 15 is 0 Å². The Balaban J connectivity index is 3.05. The van der Waals surface area contributed by atoms with Gasteiger partial charge in [0.25, 0.3) is 5.91 Å². The first-order valence-electron chi connectivity index (χ1n) is 6.63. The van der Waals surface area contributed by atoms with Crippen molar-refractivity contribution in [1.29, 1.82) is 0 Å². The van der Waals surface area contributed by atoms with E-state index in [2.05, 4.69) is 4.74 Å². The number of anilines is 1. The molecule has 0 saturated heterocycles. The molecule has 110 valence electrons. The first-order chi connectivity index (χ1) is 9.40. The van der Waals surface area contributed by atoms with Crippen LogP contribution in [-0.2, 0) is 9.53 Å². The van der Waals surface area contributed by atoms with Crippen molar-refractivity contribution in [3.8, 4) is 0 Å². The molecule has 0 aliphatic carbocycles. The lowest BCUT2D eigenvalue weighted by Gasteiger charge is -2.22. The van der Waals surface area contributed by atoms with Gasteiger partial charge < -0.3 is 15.4 Å². The first-order valence-corrected chi connectivity index (χ1v) is 6.63. The number of rotatable bonds is 5.